The molecule has 1 aliphatic rings. The van der Waals surface area contributed by atoms with E-state index in [4.69, 9.17) is 9.84 Å². The SMILES string of the molecule is COC1CNC(C(=O)NC[C@@H](C)O)C1. The maximum Gasteiger partial charge on any atom is 0.237 e. The van der Waals surface area contributed by atoms with Crippen molar-refractivity contribution in [3.05, 3.63) is 0 Å². The number of hydrogen-bond donors (Lipinski definition) is 3. The Kier molecular flexibility index (Phi) is 4.31. The molecule has 82 valence electrons. The number of hydrogen-bond acceptors (Lipinski definition) is 4. The van der Waals surface area contributed by atoms with Crippen molar-refractivity contribution >= 4 is 5.91 Å². The van der Waals surface area contributed by atoms with E-state index >= 15 is 0 Å². The lowest BCUT2D eigenvalue weighted by Crippen LogP contribution is -2.42. The Morgan fingerprint density at radius 3 is 3.00 bits per heavy atom. The maximum absolute atomic E-state index is 11.5. The van der Waals surface area contributed by atoms with Crippen LogP contribution in [0, 0.1) is 0 Å². The Morgan fingerprint density at radius 2 is 2.50 bits per heavy atom. The highest BCUT2D eigenvalue weighted by Crippen LogP contribution is 2.09. The molecule has 0 saturated carbocycles. The number of carbonyl (C=O) groups excluding carboxylic acids is 1. The normalized spacial score (nSPS) is 28.8. The zero-order chi connectivity index (χ0) is 10.6. The van der Waals surface area contributed by atoms with Crippen molar-refractivity contribution in [2.24, 2.45) is 0 Å². The Bertz CT molecular complexity index is 196. The minimum absolute atomic E-state index is 0.0644. The molecule has 5 heteroatoms. The molecule has 1 aliphatic heterocycles. The lowest BCUT2D eigenvalue weighted by atomic mass is 10.2. The van der Waals surface area contributed by atoms with Crippen LogP contribution < -0.4 is 10.6 Å². The molecule has 14 heavy (non-hydrogen) atoms. The van der Waals surface area contributed by atoms with Crippen LogP contribution in [0.25, 0.3) is 0 Å². The maximum atomic E-state index is 11.5. The van der Waals surface area contributed by atoms with Crippen molar-refractivity contribution in [3.63, 3.8) is 0 Å². The predicted octanol–water partition coefficient (Wildman–Crippen LogP) is -1.14. The quantitative estimate of drug-likeness (QED) is 0.539. The van der Waals surface area contributed by atoms with Crippen molar-refractivity contribution in [2.75, 3.05) is 20.2 Å². The van der Waals surface area contributed by atoms with Crippen molar-refractivity contribution in [3.8, 4) is 0 Å². The first kappa shape index (κ1) is 11.4. The Labute approximate surface area is 83.8 Å². The molecule has 0 spiro atoms. The molecule has 0 aromatic rings. The Hall–Kier alpha value is -0.650. The van der Waals surface area contributed by atoms with Crippen molar-refractivity contribution in [1.29, 1.82) is 0 Å². The Balaban J connectivity index is 2.25. The molecule has 1 fully saturated rings. The van der Waals surface area contributed by atoms with Gasteiger partial charge in [-0.3, -0.25) is 4.79 Å². The fourth-order valence-corrected chi connectivity index (χ4v) is 1.45. The number of aliphatic hydroxyl groups excluding tert-OH is 1. The van der Waals surface area contributed by atoms with Gasteiger partial charge in [-0.2, -0.15) is 0 Å². The van der Waals surface area contributed by atoms with Gasteiger partial charge in [-0.1, -0.05) is 0 Å². The lowest BCUT2D eigenvalue weighted by Gasteiger charge is -2.12. The first-order valence-corrected chi connectivity index (χ1v) is 4.85. The largest absolute Gasteiger partial charge is 0.392 e. The molecule has 0 aromatic carbocycles. The molecule has 1 saturated heterocycles. The summed E-state index contributed by atoms with van der Waals surface area (Å²) in [6.07, 6.45) is 0.318. The summed E-state index contributed by atoms with van der Waals surface area (Å²) < 4.78 is 5.13. The second-order valence-electron chi connectivity index (χ2n) is 3.65. The fourth-order valence-electron chi connectivity index (χ4n) is 1.45. The van der Waals surface area contributed by atoms with Gasteiger partial charge >= 0.3 is 0 Å². The van der Waals surface area contributed by atoms with E-state index in [1.54, 1.807) is 14.0 Å². The third-order valence-electron chi connectivity index (χ3n) is 2.31. The molecule has 0 aromatic heterocycles. The van der Waals surface area contributed by atoms with Gasteiger partial charge in [-0.25, -0.2) is 0 Å². The number of rotatable bonds is 4. The van der Waals surface area contributed by atoms with Gasteiger partial charge in [0.05, 0.1) is 18.2 Å². The number of ether oxygens (including phenoxy) is 1. The van der Waals surface area contributed by atoms with Crippen LogP contribution in [0.2, 0.25) is 0 Å². The smallest absolute Gasteiger partial charge is 0.237 e. The topological polar surface area (TPSA) is 70.6 Å². The van der Waals surface area contributed by atoms with E-state index in [1.165, 1.54) is 0 Å². The summed E-state index contributed by atoms with van der Waals surface area (Å²) in [5.41, 5.74) is 0. The number of carbonyl (C=O) groups is 1. The van der Waals surface area contributed by atoms with Gasteiger partial charge < -0.3 is 20.5 Å². The van der Waals surface area contributed by atoms with E-state index in [9.17, 15) is 4.79 Å². The van der Waals surface area contributed by atoms with E-state index in [0.717, 1.165) is 0 Å². The molecule has 0 aliphatic carbocycles. The van der Waals surface area contributed by atoms with Gasteiger partial charge in [0.15, 0.2) is 0 Å². The van der Waals surface area contributed by atoms with Crippen molar-refractivity contribution < 1.29 is 14.6 Å². The highest BCUT2D eigenvalue weighted by Gasteiger charge is 2.28. The summed E-state index contributed by atoms with van der Waals surface area (Å²) in [5, 5.41) is 14.7. The van der Waals surface area contributed by atoms with E-state index in [0.29, 0.717) is 19.5 Å². The average Bonchev–Trinajstić information content (AvgIpc) is 2.62. The van der Waals surface area contributed by atoms with E-state index < -0.39 is 6.10 Å². The standard InChI is InChI=1S/C9H18N2O3/c1-6(12)4-11-9(13)8-3-7(14-2)5-10-8/h6-8,10,12H,3-5H2,1-2H3,(H,11,13)/t6-,7?,8?/m1/s1. The van der Waals surface area contributed by atoms with Crippen LogP contribution in [0.15, 0.2) is 0 Å². The summed E-state index contributed by atoms with van der Waals surface area (Å²) in [6, 6.07) is -0.182. The third kappa shape index (κ3) is 3.25. The number of aliphatic hydroxyl groups is 1. The monoisotopic (exact) mass is 202 g/mol. The van der Waals surface area contributed by atoms with E-state index in [-0.39, 0.29) is 18.1 Å². The molecule has 1 rings (SSSR count). The summed E-state index contributed by atoms with van der Waals surface area (Å²) >= 11 is 0. The Morgan fingerprint density at radius 1 is 1.79 bits per heavy atom. The second-order valence-corrected chi connectivity index (χ2v) is 3.65. The van der Waals surface area contributed by atoms with Gasteiger partial charge in [0.1, 0.15) is 0 Å². The molecule has 1 heterocycles. The zero-order valence-electron chi connectivity index (χ0n) is 8.62. The first-order chi connectivity index (χ1) is 6.63. The third-order valence-corrected chi connectivity index (χ3v) is 2.31. The lowest BCUT2D eigenvalue weighted by molar-refractivity contribution is -0.123. The zero-order valence-corrected chi connectivity index (χ0v) is 8.62. The van der Waals surface area contributed by atoms with Crippen LogP contribution in [0.1, 0.15) is 13.3 Å². The highest BCUT2D eigenvalue weighted by atomic mass is 16.5. The summed E-state index contributed by atoms with van der Waals surface area (Å²) in [7, 11) is 1.64. The molecule has 0 bridgehead atoms. The predicted molar refractivity (Wildman–Crippen MR) is 51.9 cm³/mol. The summed E-state index contributed by atoms with van der Waals surface area (Å²) in [4.78, 5) is 11.5. The van der Waals surface area contributed by atoms with Crippen molar-refractivity contribution in [2.45, 2.75) is 31.6 Å². The first-order valence-electron chi connectivity index (χ1n) is 4.85. The molecule has 0 radical (unpaired) electrons. The van der Waals surface area contributed by atoms with E-state index in [1.807, 2.05) is 0 Å². The number of methoxy groups -OCH3 is 1. The minimum atomic E-state index is -0.501. The second kappa shape index (κ2) is 5.29. The average molecular weight is 202 g/mol. The molecule has 3 N–H and O–H groups in total. The van der Waals surface area contributed by atoms with Crippen LogP contribution >= 0.6 is 0 Å². The van der Waals surface area contributed by atoms with Crippen LogP contribution in [0.3, 0.4) is 0 Å². The van der Waals surface area contributed by atoms with Crippen LogP contribution in [-0.2, 0) is 9.53 Å². The molecule has 2 unspecified atom stereocenters. The highest BCUT2D eigenvalue weighted by molar-refractivity contribution is 5.82. The van der Waals surface area contributed by atoms with Gasteiger partial charge in [-0.05, 0) is 13.3 Å². The number of nitrogens with one attached hydrogen (secondary N) is 2. The summed E-state index contributed by atoms with van der Waals surface area (Å²) in [5.74, 6) is -0.0644. The molecular formula is C9H18N2O3. The van der Waals surface area contributed by atoms with Gasteiger partial charge in [-0.15, -0.1) is 0 Å². The minimum Gasteiger partial charge on any atom is -0.392 e. The molecule has 5 nitrogen and oxygen atoms in total. The molecule has 3 atom stereocenters. The van der Waals surface area contributed by atoms with Gasteiger partial charge in [0, 0.05) is 20.2 Å². The van der Waals surface area contributed by atoms with Crippen LogP contribution in [-0.4, -0.2) is 49.5 Å². The molecular weight excluding hydrogens is 184 g/mol. The fraction of sp³-hybridized carbons (Fsp3) is 0.889. The van der Waals surface area contributed by atoms with Gasteiger partial charge in [0.25, 0.3) is 0 Å². The van der Waals surface area contributed by atoms with E-state index in [2.05, 4.69) is 10.6 Å². The summed E-state index contributed by atoms with van der Waals surface area (Å²) in [6.45, 7) is 2.65. The molecule has 1 amide bonds. The number of amides is 1. The van der Waals surface area contributed by atoms with Crippen LogP contribution in [0.4, 0.5) is 0 Å². The van der Waals surface area contributed by atoms with Gasteiger partial charge in [0.2, 0.25) is 5.91 Å². The van der Waals surface area contributed by atoms with Crippen LogP contribution in [0.5, 0.6) is 0 Å². The van der Waals surface area contributed by atoms with Crippen molar-refractivity contribution in [1.82, 2.24) is 10.6 Å².